The number of hydrogen-bond acceptors (Lipinski definition) is 5. The number of carbonyl (C=O) groups is 1. The van der Waals surface area contributed by atoms with Gasteiger partial charge in [-0.15, -0.1) is 11.3 Å². The van der Waals surface area contributed by atoms with Gasteiger partial charge in [-0.2, -0.15) is 13.2 Å². The zero-order valence-corrected chi connectivity index (χ0v) is 21.5. The standard InChI is InChI=1S/C27H31F3N4OS/c1-3-17(2)23-31-24(22-20-10-5-4-6-11-21(20)36-25(22)32-23)33-12-14-34(15-13-33)26(35)18-8-7-9-19(16-18)27(28,29)30/h7-9,16-17H,3-6,10-15H2,1-2H3/t17-/m0/s1. The lowest BCUT2D eigenvalue weighted by molar-refractivity contribution is -0.137. The normalized spacial score (nSPS) is 17.7. The van der Waals surface area contributed by atoms with Crippen molar-refractivity contribution in [3.63, 3.8) is 0 Å². The molecule has 1 aromatic carbocycles. The van der Waals surface area contributed by atoms with Gasteiger partial charge >= 0.3 is 6.18 Å². The molecule has 3 aromatic rings. The van der Waals surface area contributed by atoms with Gasteiger partial charge in [0, 0.05) is 42.5 Å². The molecule has 1 fully saturated rings. The number of nitrogens with zero attached hydrogens (tertiary/aromatic N) is 4. The van der Waals surface area contributed by atoms with Gasteiger partial charge in [-0.3, -0.25) is 4.79 Å². The minimum atomic E-state index is -4.47. The summed E-state index contributed by atoms with van der Waals surface area (Å²) < 4.78 is 39.4. The second-order valence-corrected chi connectivity index (χ2v) is 10.9. The minimum Gasteiger partial charge on any atom is -0.352 e. The number of piperazine rings is 1. The van der Waals surface area contributed by atoms with E-state index in [0.717, 1.165) is 47.9 Å². The van der Waals surface area contributed by atoms with E-state index in [0.29, 0.717) is 26.2 Å². The van der Waals surface area contributed by atoms with Gasteiger partial charge in [0.25, 0.3) is 5.91 Å². The molecule has 36 heavy (non-hydrogen) atoms. The Kier molecular flexibility index (Phi) is 6.94. The van der Waals surface area contributed by atoms with Crippen LogP contribution in [0.2, 0.25) is 0 Å². The third kappa shape index (κ3) is 4.82. The van der Waals surface area contributed by atoms with Crippen LogP contribution in [0.15, 0.2) is 24.3 Å². The molecule has 5 nitrogen and oxygen atoms in total. The van der Waals surface area contributed by atoms with E-state index < -0.39 is 11.7 Å². The Bertz CT molecular complexity index is 1260. The first kappa shape index (κ1) is 25.0. The molecule has 1 atom stereocenters. The van der Waals surface area contributed by atoms with Gasteiger partial charge in [0.1, 0.15) is 16.5 Å². The van der Waals surface area contributed by atoms with Crippen LogP contribution in [0.3, 0.4) is 0 Å². The van der Waals surface area contributed by atoms with Gasteiger partial charge in [-0.05, 0) is 55.9 Å². The molecule has 2 aromatic heterocycles. The van der Waals surface area contributed by atoms with Gasteiger partial charge in [-0.25, -0.2) is 9.97 Å². The van der Waals surface area contributed by atoms with Crippen LogP contribution in [0.4, 0.5) is 19.0 Å². The number of aryl methyl sites for hydroxylation is 2. The Labute approximate surface area is 213 Å². The molecule has 0 bridgehead atoms. The van der Waals surface area contributed by atoms with Gasteiger partial charge in [-0.1, -0.05) is 26.3 Å². The Morgan fingerprint density at radius 1 is 1.08 bits per heavy atom. The maximum atomic E-state index is 13.1. The van der Waals surface area contributed by atoms with E-state index in [1.54, 1.807) is 16.2 Å². The molecule has 2 aliphatic rings. The quantitative estimate of drug-likeness (QED) is 0.374. The van der Waals surface area contributed by atoms with Crippen molar-refractivity contribution in [1.29, 1.82) is 0 Å². The molecule has 0 saturated carbocycles. The van der Waals surface area contributed by atoms with E-state index in [2.05, 4.69) is 18.7 Å². The summed E-state index contributed by atoms with van der Waals surface area (Å²) in [5, 5.41) is 1.17. The predicted molar refractivity (Wildman–Crippen MR) is 137 cm³/mol. The molecule has 0 radical (unpaired) electrons. The average molecular weight is 517 g/mol. The van der Waals surface area contributed by atoms with Crippen molar-refractivity contribution < 1.29 is 18.0 Å². The van der Waals surface area contributed by atoms with E-state index in [9.17, 15) is 18.0 Å². The Hall–Kier alpha value is -2.68. The zero-order valence-electron chi connectivity index (χ0n) is 20.7. The second-order valence-electron chi connectivity index (χ2n) is 9.82. The molecule has 1 amide bonds. The maximum Gasteiger partial charge on any atom is 0.416 e. The van der Waals surface area contributed by atoms with E-state index in [1.165, 1.54) is 47.2 Å². The number of benzene rings is 1. The number of anilines is 1. The van der Waals surface area contributed by atoms with Crippen molar-refractivity contribution in [2.24, 2.45) is 0 Å². The van der Waals surface area contributed by atoms with Gasteiger partial charge in [0.15, 0.2) is 0 Å². The number of rotatable bonds is 4. The fraction of sp³-hybridized carbons (Fsp3) is 0.519. The topological polar surface area (TPSA) is 49.3 Å². The van der Waals surface area contributed by atoms with Crippen molar-refractivity contribution >= 4 is 33.3 Å². The molecule has 0 unspecified atom stereocenters. The van der Waals surface area contributed by atoms with Crippen LogP contribution in [0.1, 0.15) is 77.6 Å². The van der Waals surface area contributed by atoms with E-state index in [4.69, 9.17) is 9.97 Å². The van der Waals surface area contributed by atoms with E-state index in [1.807, 2.05) is 0 Å². The summed E-state index contributed by atoms with van der Waals surface area (Å²) >= 11 is 1.81. The number of halogens is 3. The monoisotopic (exact) mass is 516 g/mol. The first-order valence-electron chi connectivity index (χ1n) is 12.8. The minimum absolute atomic E-state index is 0.0740. The zero-order chi connectivity index (χ0) is 25.4. The molecule has 9 heteroatoms. The van der Waals surface area contributed by atoms with Crippen molar-refractivity contribution in [2.75, 3.05) is 31.1 Å². The molecule has 1 aliphatic heterocycles. The summed E-state index contributed by atoms with van der Waals surface area (Å²) in [6, 6.07) is 4.69. The Morgan fingerprint density at radius 3 is 2.56 bits per heavy atom. The lowest BCUT2D eigenvalue weighted by atomic mass is 10.1. The molecule has 1 saturated heterocycles. The first-order valence-corrected chi connectivity index (χ1v) is 13.6. The highest BCUT2D eigenvalue weighted by molar-refractivity contribution is 7.19. The summed E-state index contributed by atoms with van der Waals surface area (Å²) in [5.74, 6) is 1.71. The van der Waals surface area contributed by atoms with Crippen molar-refractivity contribution in [3.8, 4) is 0 Å². The largest absolute Gasteiger partial charge is 0.416 e. The number of alkyl halides is 3. The first-order chi connectivity index (χ1) is 17.3. The smallest absolute Gasteiger partial charge is 0.352 e. The van der Waals surface area contributed by atoms with Crippen LogP contribution in [-0.2, 0) is 19.0 Å². The van der Waals surface area contributed by atoms with Crippen LogP contribution in [0.25, 0.3) is 10.2 Å². The fourth-order valence-electron chi connectivity index (χ4n) is 5.10. The number of amides is 1. The van der Waals surface area contributed by atoms with Crippen molar-refractivity contribution in [3.05, 3.63) is 51.7 Å². The molecule has 192 valence electrons. The summed E-state index contributed by atoms with van der Waals surface area (Å²) in [5.41, 5.74) is 0.664. The lowest BCUT2D eigenvalue weighted by Gasteiger charge is -2.36. The van der Waals surface area contributed by atoms with Gasteiger partial charge < -0.3 is 9.80 Å². The Balaban J connectivity index is 1.42. The molecular formula is C27H31F3N4OS. The summed E-state index contributed by atoms with van der Waals surface area (Å²) in [4.78, 5) is 29.4. The van der Waals surface area contributed by atoms with Crippen molar-refractivity contribution in [1.82, 2.24) is 14.9 Å². The highest BCUT2D eigenvalue weighted by atomic mass is 32.1. The lowest BCUT2D eigenvalue weighted by Crippen LogP contribution is -2.49. The number of thiophene rings is 1. The SMILES string of the molecule is CC[C@H](C)c1nc(N2CCN(C(=O)c3cccc(C(F)(F)F)c3)CC2)c2c3c(sc2n1)CCCCC3. The fourth-order valence-corrected chi connectivity index (χ4v) is 6.36. The third-order valence-corrected chi connectivity index (χ3v) is 8.60. The molecular weight excluding hydrogens is 485 g/mol. The average Bonchev–Trinajstić information content (AvgIpc) is 3.07. The molecule has 0 spiro atoms. The molecule has 1 aliphatic carbocycles. The van der Waals surface area contributed by atoms with Crippen LogP contribution in [-0.4, -0.2) is 47.0 Å². The van der Waals surface area contributed by atoms with E-state index in [-0.39, 0.29) is 17.4 Å². The summed E-state index contributed by atoms with van der Waals surface area (Å²) in [6.45, 7) is 6.33. The van der Waals surface area contributed by atoms with Crippen LogP contribution in [0, 0.1) is 0 Å². The van der Waals surface area contributed by atoms with Crippen molar-refractivity contribution in [2.45, 2.75) is 64.5 Å². The van der Waals surface area contributed by atoms with E-state index >= 15 is 0 Å². The van der Waals surface area contributed by atoms with Gasteiger partial charge in [0.2, 0.25) is 0 Å². The maximum absolute atomic E-state index is 13.1. The predicted octanol–water partition coefficient (Wildman–Crippen LogP) is 6.45. The number of aromatic nitrogens is 2. The number of hydrogen-bond donors (Lipinski definition) is 0. The second kappa shape index (κ2) is 10.00. The van der Waals surface area contributed by atoms with Crippen LogP contribution in [0.5, 0.6) is 0 Å². The highest BCUT2D eigenvalue weighted by Crippen LogP contribution is 2.40. The third-order valence-electron chi connectivity index (χ3n) is 7.42. The van der Waals surface area contributed by atoms with Crippen LogP contribution >= 0.6 is 11.3 Å². The molecule has 0 N–H and O–H groups in total. The molecule has 3 heterocycles. The summed E-state index contributed by atoms with van der Waals surface area (Å²) in [6.07, 6.45) is 2.23. The Morgan fingerprint density at radius 2 is 1.83 bits per heavy atom. The van der Waals surface area contributed by atoms with Gasteiger partial charge in [0.05, 0.1) is 10.9 Å². The highest BCUT2D eigenvalue weighted by Gasteiger charge is 2.32. The molecule has 5 rings (SSSR count). The van der Waals surface area contributed by atoms with Crippen LogP contribution < -0.4 is 4.90 Å². The number of carbonyl (C=O) groups excluding carboxylic acids is 1. The summed E-state index contributed by atoms with van der Waals surface area (Å²) in [7, 11) is 0. The number of fused-ring (bicyclic) bond motifs is 3.